The number of nitrogens with two attached hydrogens (primary N) is 1. The highest BCUT2D eigenvalue weighted by molar-refractivity contribution is 5.51. The van der Waals surface area contributed by atoms with Crippen LogP contribution in [0.4, 0.5) is 0 Å². The Hall–Kier alpha value is -0.490. The van der Waals surface area contributed by atoms with Gasteiger partial charge in [-0.15, -0.1) is 0 Å². The molecule has 0 aromatic rings. The van der Waals surface area contributed by atoms with Gasteiger partial charge in [-0.25, -0.2) is 0 Å². The van der Waals surface area contributed by atoms with Gasteiger partial charge in [-0.05, 0) is 65.0 Å². The number of nitrogens with one attached hydrogen (secondary N) is 3. The molecule has 0 amide bonds. The highest BCUT2D eigenvalue weighted by atomic mass is 16.1. The number of unbranched alkanes of at least 4 members (excludes halogenated alkanes) is 1. The van der Waals surface area contributed by atoms with E-state index in [9.17, 15) is 4.79 Å². The normalized spacial score (nSPS) is 10.6. The first-order valence-electron chi connectivity index (χ1n) is 6.67. The van der Waals surface area contributed by atoms with Crippen molar-refractivity contribution in [2.45, 2.75) is 25.7 Å². The van der Waals surface area contributed by atoms with E-state index in [1.807, 2.05) is 0 Å². The van der Waals surface area contributed by atoms with Crippen LogP contribution >= 0.6 is 0 Å². The van der Waals surface area contributed by atoms with Crippen molar-refractivity contribution in [2.75, 3.05) is 45.8 Å². The topological polar surface area (TPSA) is 79.2 Å². The summed E-state index contributed by atoms with van der Waals surface area (Å²) >= 11 is 0. The molecule has 0 heterocycles. The van der Waals surface area contributed by atoms with Crippen LogP contribution in [0.3, 0.4) is 0 Å². The van der Waals surface area contributed by atoms with Gasteiger partial charge in [0.25, 0.3) is 0 Å². The minimum absolute atomic E-state index is 0.467. The van der Waals surface area contributed by atoms with Gasteiger partial charge in [-0.2, -0.15) is 0 Å². The van der Waals surface area contributed by atoms with Crippen molar-refractivity contribution >= 4 is 6.29 Å². The van der Waals surface area contributed by atoms with Crippen LogP contribution < -0.4 is 21.7 Å². The van der Waals surface area contributed by atoms with Crippen molar-refractivity contribution in [1.82, 2.24) is 16.0 Å². The zero-order valence-electron chi connectivity index (χ0n) is 10.8. The molecule has 0 radical (unpaired) electrons. The predicted molar refractivity (Wildman–Crippen MR) is 72.2 cm³/mol. The fraction of sp³-hybridized carbons (Fsp3) is 0.917. The molecular weight excluding hydrogens is 216 g/mol. The first kappa shape index (κ1) is 16.5. The second-order valence-corrected chi connectivity index (χ2v) is 4.07. The molecule has 0 aromatic heterocycles. The quantitative estimate of drug-likeness (QED) is 0.244. The van der Waals surface area contributed by atoms with Gasteiger partial charge in [-0.3, -0.25) is 0 Å². The van der Waals surface area contributed by atoms with Gasteiger partial charge in [0.1, 0.15) is 6.29 Å². The molecule has 5 heteroatoms. The lowest BCUT2D eigenvalue weighted by molar-refractivity contribution is -0.107. The zero-order valence-corrected chi connectivity index (χ0v) is 10.8. The van der Waals surface area contributed by atoms with Crippen molar-refractivity contribution in [3.05, 3.63) is 0 Å². The van der Waals surface area contributed by atoms with Crippen LogP contribution in [0, 0.1) is 0 Å². The summed E-state index contributed by atoms with van der Waals surface area (Å²) in [5.74, 6) is 0. The molecule has 0 aliphatic carbocycles. The van der Waals surface area contributed by atoms with Crippen molar-refractivity contribution in [2.24, 2.45) is 5.73 Å². The Balaban J connectivity index is 2.87. The molecule has 102 valence electrons. The molecule has 0 spiro atoms. The Morgan fingerprint density at radius 2 is 1.29 bits per heavy atom. The minimum Gasteiger partial charge on any atom is -0.330 e. The number of carbonyl (C=O) groups excluding carboxylic acids is 1. The Bertz CT molecular complexity index is 155. The molecule has 0 rings (SSSR count). The summed E-state index contributed by atoms with van der Waals surface area (Å²) < 4.78 is 0. The third kappa shape index (κ3) is 15.5. The first-order valence-corrected chi connectivity index (χ1v) is 6.67. The molecule has 0 unspecified atom stereocenters. The number of aldehydes is 1. The average molecular weight is 244 g/mol. The summed E-state index contributed by atoms with van der Waals surface area (Å²) in [4.78, 5) is 10.0. The maximum atomic E-state index is 10.0. The number of hydrogen-bond acceptors (Lipinski definition) is 5. The Kier molecular flexibility index (Phi) is 15.1. The van der Waals surface area contributed by atoms with Gasteiger partial charge >= 0.3 is 0 Å². The second kappa shape index (κ2) is 15.5. The largest absolute Gasteiger partial charge is 0.330 e. The lowest BCUT2D eigenvalue weighted by Crippen LogP contribution is -2.24. The molecule has 0 aliphatic heterocycles. The minimum atomic E-state index is 0.467. The van der Waals surface area contributed by atoms with E-state index in [-0.39, 0.29) is 0 Å². The van der Waals surface area contributed by atoms with E-state index in [2.05, 4.69) is 16.0 Å². The van der Waals surface area contributed by atoms with Gasteiger partial charge in [0.2, 0.25) is 0 Å². The van der Waals surface area contributed by atoms with Crippen molar-refractivity contribution in [3.8, 4) is 0 Å². The molecule has 0 bridgehead atoms. The molecule has 0 atom stereocenters. The summed E-state index contributed by atoms with van der Waals surface area (Å²) in [6.07, 6.45) is 5.44. The van der Waals surface area contributed by atoms with Crippen molar-refractivity contribution in [1.29, 1.82) is 0 Å². The summed E-state index contributed by atoms with van der Waals surface area (Å²) in [7, 11) is 0. The van der Waals surface area contributed by atoms with Crippen LogP contribution in [0.25, 0.3) is 0 Å². The van der Waals surface area contributed by atoms with E-state index in [0.717, 1.165) is 58.4 Å². The fourth-order valence-electron chi connectivity index (χ4n) is 1.48. The third-order valence-electron chi connectivity index (χ3n) is 2.45. The second-order valence-electron chi connectivity index (χ2n) is 4.07. The van der Waals surface area contributed by atoms with E-state index in [1.165, 1.54) is 12.8 Å². The Morgan fingerprint density at radius 1 is 0.765 bits per heavy atom. The van der Waals surface area contributed by atoms with Crippen molar-refractivity contribution in [3.63, 3.8) is 0 Å². The van der Waals surface area contributed by atoms with E-state index >= 15 is 0 Å². The molecule has 0 saturated carbocycles. The monoisotopic (exact) mass is 244 g/mol. The number of rotatable bonds is 14. The molecule has 0 fully saturated rings. The third-order valence-corrected chi connectivity index (χ3v) is 2.45. The summed E-state index contributed by atoms with van der Waals surface area (Å²) in [6, 6.07) is 0. The standard InChI is InChI=1S/C12H28N4O/c13-5-3-8-14-6-1-2-7-15-9-4-10-16-11-12-17/h12,14-16H,1-11,13H2. The van der Waals surface area contributed by atoms with Crippen LogP contribution in [-0.2, 0) is 4.79 Å². The Morgan fingerprint density at radius 3 is 1.88 bits per heavy atom. The molecule has 0 aromatic carbocycles. The van der Waals surface area contributed by atoms with E-state index < -0.39 is 0 Å². The Labute approximate surface area is 105 Å². The zero-order chi connectivity index (χ0) is 12.6. The fourth-order valence-corrected chi connectivity index (χ4v) is 1.48. The highest BCUT2D eigenvalue weighted by Gasteiger charge is 1.90. The van der Waals surface area contributed by atoms with E-state index in [0.29, 0.717) is 6.54 Å². The SMILES string of the molecule is NCCCNCCCCNCCCNCC=O. The summed E-state index contributed by atoms with van der Waals surface area (Å²) in [5.41, 5.74) is 5.39. The smallest absolute Gasteiger partial charge is 0.133 e. The number of carbonyl (C=O) groups is 1. The van der Waals surface area contributed by atoms with Crippen molar-refractivity contribution < 1.29 is 4.79 Å². The molecule has 5 N–H and O–H groups in total. The first-order chi connectivity index (χ1) is 8.41. The van der Waals surface area contributed by atoms with Crippen LogP contribution in [-0.4, -0.2) is 52.1 Å². The lowest BCUT2D eigenvalue weighted by Gasteiger charge is -2.06. The van der Waals surface area contributed by atoms with Crippen LogP contribution in [0.15, 0.2) is 0 Å². The predicted octanol–water partition coefficient (Wildman–Crippen LogP) is -0.527. The van der Waals surface area contributed by atoms with Gasteiger partial charge in [-0.1, -0.05) is 0 Å². The molecule has 0 saturated heterocycles. The molecule has 17 heavy (non-hydrogen) atoms. The van der Waals surface area contributed by atoms with Gasteiger partial charge in [0, 0.05) is 0 Å². The summed E-state index contributed by atoms with van der Waals surface area (Å²) in [6.45, 7) is 6.36. The average Bonchev–Trinajstić information content (AvgIpc) is 2.35. The number of hydrogen-bond donors (Lipinski definition) is 4. The van der Waals surface area contributed by atoms with Gasteiger partial charge in [0.05, 0.1) is 6.54 Å². The van der Waals surface area contributed by atoms with Crippen LogP contribution in [0.2, 0.25) is 0 Å². The van der Waals surface area contributed by atoms with E-state index in [4.69, 9.17) is 5.73 Å². The highest BCUT2D eigenvalue weighted by Crippen LogP contribution is 1.85. The molecule has 0 aliphatic rings. The molecular formula is C12H28N4O. The van der Waals surface area contributed by atoms with Gasteiger partial charge in [0.15, 0.2) is 0 Å². The molecule has 5 nitrogen and oxygen atoms in total. The van der Waals surface area contributed by atoms with Gasteiger partial charge < -0.3 is 26.5 Å². The maximum absolute atomic E-state index is 10.0. The summed E-state index contributed by atoms with van der Waals surface area (Å²) in [5, 5.41) is 9.79. The van der Waals surface area contributed by atoms with Crippen LogP contribution in [0.1, 0.15) is 25.7 Å². The maximum Gasteiger partial charge on any atom is 0.133 e. The lowest BCUT2D eigenvalue weighted by atomic mass is 10.3. The van der Waals surface area contributed by atoms with Crippen LogP contribution in [0.5, 0.6) is 0 Å². The van der Waals surface area contributed by atoms with E-state index in [1.54, 1.807) is 0 Å².